The number of phosphoric acid groups is 1. The van der Waals surface area contributed by atoms with Crippen molar-refractivity contribution >= 4 is 13.8 Å². The number of allylic oxidation sites excluding steroid dienone is 5. The molecule has 0 aliphatic heterocycles. The Bertz CT molecular complexity index is 884. The molecule has 8 nitrogen and oxygen atoms in total. The zero-order valence-electron chi connectivity index (χ0n) is 32.4. The third-order valence-electron chi connectivity index (χ3n) is 8.25. The largest absolute Gasteiger partial charge is 0.756 e. The number of phosphoric ester groups is 1. The van der Waals surface area contributed by atoms with Gasteiger partial charge in [0.1, 0.15) is 19.8 Å². The van der Waals surface area contributed by atoms with E-state index in [1.165, 1.54) is 96.3 Å². The minimum absolute atomic E-state index is 0.0244. The van der Waals surface area contributed by atoms with Crippen LogP contribution >= 0.6 is 7.82 Å². The van der Waals surface area contributed by atoms with Gasteiger partial charge in [0.2, 0.25) is 0 Å². The van der Waals surface area contributed by atoms with Gasteiger partial charge in [-0.2, -0.15) is 0 Å². The molecular formula is C40H76NO7P. The minimum atomic E-state index is -4.51. The van der Waals surface area contributed by atoms with Gasteiger partial charge in [0, 0.05) is 6.42 Å². The maximum absolute atomic E-state index is 12.4. The van der Waals surface area contributed by atoms with Crippen LogP contribution in [0.1, 0.15) is 162 Å². The lowest BCUT2D eigenvalue weighted by molar-refractivity contribution is -0.870. The molecule has 2 unspecified atom stereocenters. The van der Waals surface area contributed by atoms with Crippen LogP contribution in [0.15, 0.2) is 36.6 Å². The van der Waals surface area contributed by atoms with E-state index in [0.717, 1.165) is 44.9 Å². The number of quaternary nitrogens is 1. The van der Waals surface area contributed by atoms with Crippen molar-refractivity contribution in [1.82, 2.24) is 0 Å². The van der Waals surface area contributed by atoms with Gasteiger partial charge in [-0.15, -0.1) is 0 Å². The summed E-state index contributed by atoms with van der Waals surface area (Å²) in [6, 6.07) is 0. The maximum Gasteiger partial charge on any atom is 0.305 e. The number of likely N-dealkylation sites (N-methyl/N-ethyl adjacent to an activating group) is 1. The molecule has 0 spiro atoms. The van der Waals surface area contributed by atoms with E-state index in [1.54, 1.807) is 6.26 Å². The van der Waals surface area contributed by atoms with Crippen LogP contribution in [-0.2, 0) is 27.9 Å². The molecule has 49 heavy (non-hydrogen) atoms. The second-order valence-electron chi connectivity index (χ2n) is 14.3. The van der Waals surface area contributed by atoms with E-state index in [0.29, 0.717) is 17.4 Å². The van der Waals surface area contributed by atoms with E-state index in [-0.39, 0.29) is 25.8 Å². The highest BCUT2D eigenvalue weighted by molar-refractivity contribution is 7.45. The van der Waals surface area contributed by atoms with Crippen LogP contribution in [0, 0.1) is 0 Å². The lowest BCUT2D eigenvalue weighted by Gasteiger charge is -2.28. The maximum atomic E-state index is 12.4. The molecule has 2 atom stereocenters. The van der Waals surface area contributed by atoms with Crippen molar-refractivity contribution < 1.29 is 37.3 Å². The number of esters is 1. The standard InChI is InChI=1S/C40H76NO7P/c1-6-8-10-12-14-16-18-19-20-21-22-24-26-28-30-32-35-45-39(38-48-49(43,44)47-36-34-41(3,4)5)37-46-40(42)33-31-29-27-25-23-17-15-13-11-9-7-2/h13,15-16,18,32,35,39H,6-12,14,17,19-31,33-34,36-38H2,1-5H3/b15-13-,18-16-,35-32-. The van der Waals surface area contributed by atoms with Crippen molar-refractivity contribution in [3.8, 4) is 0 Å². The fraction of sp³-hybridized carbons (Fsp3) is 0.825. The first-order valence-electron chi connectivity index (χ1n) is 19.8. The van der Waals surface area contributed by atoms with Crippen molar-refractivity contribution in [2.75, 3.05) is 47.5 Å². The summed E-state index contributed by atoms with van der Waals surface area (Å²) in [6.07, 6.45) is 38.2. The summed E-state index contributed by atoms with van der Waals surface area (Å²) in [5.41, 5.74) is 0. The lowest BCUT2D eigenvalue weighted by Crippen LogP contribution is -2.37. The van der Waals surface area contributed by atoms with Crippen molar-refractivity contribution in [3.63, 3.8) is 0 Å². The number of nitrogens with zero attached hydrogens (tertiary/aromatic N) is 1. The van der Waals surface area contributed by atoms with Crippen molar-refractivity contribution in [3.05, 3.63) is 36.6 Å². The van der Waals surface area contributed by atoms with Gasteiger partial charge in [0.25, 0.3) is 7.82 Å². The zero-order chi connectivity index (χ0) is 36.3. The first kappa shape index (κ1) is 47.6. The molecule has 9 heteroatoms. The summed E-state index contributed by atoms with van der Waals surface area (Å²) >= 11 is 0. The Labute approximate surface area is 302 Å². The smallest absolute Gasteiger partial charge is 0.305 e. The van der Waals surface area contributed by atoms with E-state index in [9.17, 15) is 14.3 Å². The van der Waals surface area contributed by atoms with Gasteiger partial charge < -0.3 is 27.9 Å². The Morgan fingerprint density at radius 2 is 1.10 bits per heavy atom. The highest BCUT2D eigenvalue weighted by Crippen LogP contribution is 2.38. The van der Waals surface area contributed by atoms with Gasteiger partial charge >= 0.3 is 5.97 Å². The third kappa shape index (κ3) is 37.6. The topological polar surface area (TPSA) is 94.1 Å². The van der Waals surface area contributed by atoms with Crippen LogP contribution in [0.5, 0.6) is 0 Å². The van der Waals surface area contributed by atoms with Gasteiger partial charge in [-0.3, -0.25) is 9.36 Å². The number of ether oxygens (including phenoxy) is 2. The second-order valence-corrected chi connectivity index (χ2v) is 15.8. The molecule has 0 aliphatic carbocycles. The number of carbonyl (C=O) groups is 1. The molecule has 0 rings (SSSR count). The monoisotopic (exact) mass is 714 g/mol. The Balaban J connectivity index is 4.36. The van der Waals surface area contributed by atoms with Gasteiger partial charge in [0.15, 0.2) is 6.10 Å². The molecule has 0 aromatic heterocycles. The van der Waals surface area contributed by atoms with Crippen molar-refractivity contribution in [2.45, 2.75) is 168 Å². The summed E-state index contributed by atoms with van der Waals surface area (Å²) < 4.78 is 34.2. The van der Waals surface area contributed by atoms with Gasteiger partial charge in [0.05, 0.1) is 34.0 Å². The number of hydrogen-bond acceptors (Lipinski definition) is 7. The SMILES string of the molecule is CCCC/C=C\CCCCCCCC(=O)OCC(COP(=O)([O-])OCC[N+](C)(C)C)O/C=C\CCCCCCCC/C=C\CCCCCC. The first-order valence-corrected chi connectivity index (χ1v) is 21.2. The third-order valence-corrected chi connectivity index (χ3v) is 9.22. The van der Waals surface area contributed by atoms with Crippen molar-refractivity contribution in [2.24, 2.45) is 0 Å². The average Bonchev–Trinajstić information content (AvgIpc) is 3.05. The fourth-order valence-corrected chi connectivity index (χ4v) is 5.76. The number of carbonyl (C=O) groups excluding carboxylic acids is 1. The summed E-state index contributed by atoms with van der Waals surface area (Å²) in [6.45, 7) is 4.63. The van der Waals surface area contributed by atoms with Crippen LogP contribution in [-0.4, -0.2) is 64.1 Å². The average molecular weight is 714 g/mol. The van der Waals surface area contributed by atoms with Crippen LogP contribution in [0.4, 0.5) is 0 Å². The first-order chi connectivity index (χ1) is 23.6. The molecule has 0 fully saturated rings. The number of rotatable bonds is 36. The zero-order valence-corrected chi connectivity index (χ0v) is 33.3. The molecule has 288 valence electrons. The molecule has 0 saturated heterocycles. The number of unbranched alkanes of at least 4 members (excludes halogenated alkanes) is 18. The predicted molar refractivity (Wildman–Crippen MR) is 203 cm³/mol. The summed E-state index contributed by atoms with van der Waals surface area (Å²) in [7, 11) is 1.35. The van der Waals surface area contributed by atoms with Crippen LogP contribution < -0.4 is 4.89 Å². The molecular weight excluding hydrogens is 637 g/mol. The van der Waals surface area contributed by atoms with Crippen LogP contribution in [0.25, 0.3) is 0 Å². The molecule has 0 aromatic carbocycles. The molecule has 0 saturated carbocycles. The second kappa shape index (κ2) is 33.7. The molecule has 0 aromatic rings. The van der Waals surface area contributed by atoms with Gasteiger partial charge in [-0.05, 0) is 70.3 Å². The summed E-state index contributed by atoms with van der Waals surface area (Å²) in [5.74, 6) is -0.306. The molecule has 0 N–H and O–H groups in total. The molecule has 0 heterocycles. The Morgan fingerprint density at radius 3 is 1.63 bits per heavy atom. The Kier molecular flexibility index (Phi) is 32.7. The van der Waals surface area contributed by atoms with E-state index < -0.39 is 13.9 Å². The van der Waals surface area contributed by atoms with E-state index in [1.807, 2.05) is 27.2 Å². The quantitative estimate of drug-likeness (QED) is 0.0159. The van der Waals surface area contributed by atoms with E-state index in [2.05, 4.69) is 38.2 Å². The van der Waals surface area contributed by atoms with Crippen LogP contribution in [0.2, 0.25) is 0 Å². The highest BCUT2D eigenvalue weighted by Gasteiger charge is 2.19. The lowest BCUT2D eigenvalue weighted by atomic mass is 10.1. The minimum Gasteiger partial charge on any atom is -0.756 e. The molecule has 0 radical (unpaired) electrons. The Hall–Kier alpha value is -1.44. The summed E-state index contributed by atoms with van der Waals surface area (Å²) in [4.78, 5) is 24.7. The fourth-order valence-electron chi connectivity index (χ4n) is 5.03. The van der Waals surface area contributed by atoms with Crippen molar-refractivity contribution in [1.29, 1.82) is 0 Å². The highest BCUT2D eigenvalue weighted by atomic mass is 31.2. The van der Waals surface area contributed by atoms with Gasteiger partial charge in [-0.25, -0.2) is 0 Å². The van der Waals surface area contributed by atoms with Crippen LogP contribution in [0.3, 0.4) is 0 Å². The van der Waals surface area contributed by atoms with Gasteiger partial charge in [-0.1, -0.05) is 115 Å². The molecule has 0 aliphatic rings. The molecule has 0 bridgehead atoms. The Morgan fingerprint density at radius 1 is 0.633 bits per heavy atom. The summed E-state index contributed by atoms with van der Waals surface area (Å²) in [5, 5.41) is 0. The number of hydrogen-bond donors (Lipinski definition) is 0. The van der Waals surface area contributed by atoms with E-state index >= 15 is 0 Å². The van der Waals surface area contributed by atoms with E-state index in [4.69, 9.17) is 18.5 Å². The molecule has 0 amide bonds. The normalized spacial score (nSPS) is 14.2. The predicted octanol–water partition coefficient (Wildman–Crippen LogP) is 10.8.